The van der Waals surface area contributed by atoms with E-state index in [-0.39, 0.29) is 36.1 Å². The van der Waals surface area contributed by atoms with E-state index in [1.54, 1.807) is 0 Å². The Bertz CT molecular complexity index is 923. The van der Waals surface area contributed by atoms with Gasteiger partial charge in [-0.1, -0.05) is 0 Å². The number of non-ortho nitro benzene ring substituents is 2. The monoisotopic (exact) mass is 496 g/mol. The molecule has 3 rings (SSSR count). The molecule has 1 saturated heterocycles. The molecule has 35 heavy (non-hydrogen) atoms. The molecule has 14 heteroatoms. The Morgan fingerprint density at radius 2 is 1.26 bits per heavy atom. The number of benzene rings is 2. The predicted molar refractivity (Wildman–Crippen MR) is 116 cm³/mol. The number of hydrogen-bond acceptors (Lipinski definition) is 12. The minimum absolute atomic E-state index is 0.132. The number of nitro groups is 2. The highest BCUT2D eigenvalue weighted by atomic mass is 16.7. The summed E-state index contributed by atoms with van der Waals surface area (Å²) in [6.45, 7) is -1.03. The highest BCUT2D eigenvalue weighted by Crippen LogP contribution is 2.24. The molecule has 0 aromatic heterocycles. The van der Waals surface area contributed by atoms with Crippen LogP contribution < -0.4 is 9.47 Å². The first-order valence-electron chi connectivity index (χ1n) is 10.4. The molecule has 14 nitrogen and oxygen atoms in total. The van der Waals surface area contributed by atoms with Crippen LogP contribution in [0.4, 0.5) is 11.4 Å². The molecule has 0 saturated carbocycles. The summed E-state index contributed by atoms with van der Waals surface area (Å²) in [4.78, 5) is 20.5. The second-order valence-electron chi connectivity index (χ2n) is 7.58. The van der Waals surface area contributed by atoms with E-state index in [4.69, 9.17) is 18.9 Å². The van der Waals surface area contributed by atoms with Gasteiger partial charge in [0, 0.05) is 24.3 Å². The molecule has 1 aliphatic rings. The lowest BCUT2D eigenvalue weighted by Gasteiger charge is -2.40. The molecule has 5 atom stereocenters. The molecule has 0 radical (unpaired) electrons. The summed E-state index contributed by atoms with van der Waals surface area (Å²) in [5, 5.41) is 61.2. The van der Waals surface area contributed by atoms with E-state index in [1.807, 2.05) is 0 Å². The normalized spacial score (nSPS) is 24.2. The van der Waals surface area contributed by atoms with Crippen LogP contribution in [-0.2, 0) is 9.47 Å². The third-order valence-corrected chi connectivity index (χ3v) is 5.14. The molecule has 1 fully saturated rings. The van der Waals surface area contributed by atoms with Gasteiger partial charge < -0.3 is 39.4 Å². The molecular weight excluding hydrogens is 472 g/mol. The zero-order valence-electron chi connectivity index (χ0n) is 18.2. The van der Waals surface area contributed by atoms with Crippen molar-refractivity contribution in [3.8, 4) is 11.5 Å². The Balaban J connectivity index is 1.69. The fourth-order valence-electron chi connectivity index (χ4n) is 3.20. The van der Waals surface area contributed by atoms with E-state index in [2.05, 4.69) is 0 Å². The summed E-state index contributed by atoms with van der Waals surface area (Å²) in [7, 11) is 0. The molecule has 0 amide bonds. The van der Waals surface area contributed by atoms with E-state index in [9.17, 15) is 40.7 Å². The van der Waals surface area contributed by atoms with E-state index in [1.165, 1.54) is 48.5 Å². The van der Waals surface area contributed by atoms with Crippen LogP contribution in [0.3, 0.4) is 0 Å². The number of ether oxygens (including phenoxy) is 4. The Kier molecular flexibility index (Phi) is 8.86. The van der Waals surface area contributed by atoms with Crippen molar-refractivity contribution >= 4 is 11.4 Å². The van der Waals surface area contributed by atoms with Crippen molar-refractivity contribution in [3.63, 3.8) is 0 Å². The fraction of sp³-hybridized carbons (Fsp3) is 0.429. The standard InChI is InChI=1S/C21H24N2O12/c24-9-17-18(25)19(26)20(27)21(35-17)34-16(10-32-14-5-1-12(2-6-14)22(28)29)11-33-15-7-3-13(4-8-15)23(30)31/h1-8,16-21,24-27H,9-11H2/t17-,18-,19+,20+,21+/m1/s1. The topological polar surface area (TPSA) is 204 Å². The number of nitrogens with zero attached hydrogens (tertiary/aromatic N) is 2. The van der Waals surface area contributed by atoms with Crippen molar-refractivity contribution in [1.82, 2.24) is 0 Å². The maximum atomic E-state index is 10.8. The minimum atomic E-state index is -1.66. The molecule has 0 spiro atoms. The second-order valence-corrected chi connectivity index (χ2v) is 7.58. The highest BCUT2D eigenvalue weighted by Gasteiger charge is 2.45. The number of rotatable bonds is 11. The summed E-state index contributed by atoms with van der Waals surface area (Å²) >= 11 is 0. The number of aliphatic hydroxyl groups is 4. The first kappa shape index (κ1) is 26.2. The van der Waals surface area contributed by atoms with Crippen LogP contribution in [0.5, 0.6) is 11.5 Å². The molecule has 0 bridgehead atoms. The van der Waals surface area contributed by atoms with Crippen molar-refractivity contribution in [2.75, 3.05) is 19.8 Å². The van der Waals surface area contributed by atoms with Gasteiger partial charge in [0.05, 0.1) is 16.5 Å². The van der Waals surface area contributed by atoms with Gasteiger partial charge in [0.1, 0.15) is 55.2 Å². The van der Waals surface area contributed by atoms with Crippen molar-refractivity contribution in [2.24, 2.45) is 0 Å². The molecule has 0 unspecified atom stereocenters. The van der Waals surface area contributed by atoms with Gasteiger partial charge in [-0.15, -0.1) is 0 Å². The molecule has 2 aromatic carbocycles. The van der Waals surface area contributed by atoms with E-state index in [0.717, 1.165) is 0 Å². The summed E-state index contributed by atoms with van der Waals surface area (Å²) in [5.41, 5.74) is -0.263. The lowest BCUT2D eigenvalue weighted by atomic mass is 9.99. The molecule has 1 heterocycles. The smallest absolute Gasteiger partial charge is 0.269 e. The van der Waals surface area contributed by atoms with Gasteiger partial charge in [0.15, 0.2) is 6.29 Å². The van der Waals surface area contributed by atoms with Crippen molar-refractivity contribution in [2.45, 2.75) is 36.8 Å². The maximum Gasteiger partial charge on any atom is 0.269 e. The Morgan fingerprint density at radius 1 is 0.800 bits per heavy atom. The first-order chi connectivity index (χ1) is 16.7. The summed E-state index contributed by atoms with van der Waals surface area (Å²) in [6, 6.07) is 10.5. The molecule has 1 aliphatic heterocycles. The van der Waals surface area contributed by atoms with Crippen LogP contribution in [0.2, 0.25) is 0 Å². The van der Waals surface area contributed by atoms with Gasteiger partial charge in [-0.3, -0.25) is 20.2 Å². The fourth-order valence-corrected chi connectivity index (χ4v) is 3.20. The SMILES string of the molecule is O=[N+]([O-])c1ccc(OCC(COc2ccc([N+](=O)[O-])cc2)O[C@H]2O[C@H](CO)[C@@H](O)[C@H](O)[C@@H]2O)cc1. The minimum Gasteiger partial charge on any atom is -0.491 e. The van der Waals surface area contributed by atoms with Crippen molar-refractivity contribution < 1.29 is 49.2 Å². The second kappa shape index (κ2) is 11.8. The van der Waals surface area contributed by atoms with Crippen molar-refractivity contribution in [3.05, 3.63) is 68.8 Å². The Morgan fingerprint density at radius 3 is 1.66 bits per heavy atom. The maximum absolute atomic E-state index is 10.8. The molecule has 2 aromatic rings. The van der Waals surface area contributed by atoms with Gasteiger partial charge in [0.25, 0.3) is 11.4 Å². The zero-order chi connectivity index (χ0) is 25.5. The van der Waals surface area contributed by atoms with Gasteiger partial charge >= 0.3 is 0 Å². The van der Waals surface area contributed by atoms with Gasteiger partial charge in [-0.05, 0) is 24.3 Å². The molecule has 4 N–H and O–H groups in total. The van der Waals surface area contributed by atoms with Crippen LogP contribution in [-0.4, -0.2) is 86.9 Å². The van der Waals surface area contributed by atoms with E-state index < -0.39 is 53.3 Å². The van der Waals surface area contributed by atoms with Gasteiger partial charge in [0.2, 0.25) is 0 Å². The van der Waals surface area contributed by atoms with Crippen LogP contribution in [0.15, 0.2) is 48.5 Å². The van der Waals surface area contributed by atoms with Crippen molar-refractivity contribution in [1.29, 1.82) is 0 Å². The van der Waals surface area contributed by atoms with E-state index >= 15 is 0 Å². The zero-order valence-corrected chi connectivity index (χ0v) is 18.2. The number of aliphatic hydroxyl groups excluding tert-OH is 4. The summed E-state index contributed by atoms with van der Waals surface area (Å²) in [5.74, 6) is 0.543. The lowest BCUT2D eigenvalue weighted by Crippen LogP contribution is -2.60. The first-order valence-corrected chi connectivity index (χ1v) is 10.4. The third-order valence-electron chi connectivity index (χ3n) is 5.14. The van der Waals surface area contributed by atoms with Gasteiger partial charge in [-0.2, -0.15) is 0 Å². The predicted octanol–water partition coefficient (Wildman–Crippen LogP) is 0.146. The number of nitro benzene ring substituents is 2. The number of hydrogen-bond donors (Lipinski definition) is 4. The largest absolute Gasteiger partial charge is 0.491 e. The summed E-state index contributed by atoms with van der Waals surface area (Å²) in [6.07, 6.45) is -8.49. The van der Waals surface area contributed by atoms with Crippen LogP contribution in [0.1, 0.15) is 0 Å². The quantitative estimate of drug-likeness (QED) is 0.242. The summed E-state index contributed by atoms with van der Waals surface area (Å²) < 4.78 is 22.3. The van der Waals surface area contributed by atoms with E-state index in [0.29, 0.717) is 0 Å². The average molecular weight is 496 g/mol. The lowest BCUT2D eigenvalue weighted by molar-refractivity contribution is -0.385. The highest BCUT2D eigenvalue weighted by molar-refractivity contribution is 5.36. The third kappa shape index (κ3) is 6.82. The van der Waals surface area contributed by atoms with Crippen LogP contribution in [0.25, 0.3) is 0 Å². The average Bonchev–Trinajstić information content (AvgIpc) is 2.86. The Hall–Kier alpha value is -3.40. The van der Waals surface area contributed by atoms with Crippen LogP contribution in [0, 0.1) is 20.2 Å². The Labute approximate surface area is 198 Å². The van der Waals surface area contributed by atoms with Crippen LogP contribution >= 0.6 is 0 Å². The molecular formula is C21H24N2O12. The molecule has 0 aliphatic carbocycles. The molecule has 190 valence electrons. The van der Waals surface area contributed by atoms with Gasteiger partial charge in [-0.25, -0.2) is 0 Å².